The Morgan fingerprint density at radius 1 is 1.07 bits per heavy atom. The van der Waals surface area contributed by atoms with E-state index in [0.717, 1.165) is 62.4 Å². The molecule has 0 spiro atoms. The lowest BCUT2D eigenvalue weighted by atomic mass is 9.49. The molecule has 2 saturated heterocycles. The van der Waals surface area contributed by atoms with Crippen molar-refractivity contribution in [1.82, 2.24) is 14.3 Å². The zero-order chi connectivity index (χ0) is 20.1. The molecule has 1 saturated carbocycles. The quantitative estimate of drug-likeness (QED) is 0.605. The number of imidazole rings is 1. The minimum Gasteiger partial charge on any atom is -0.493 e. The Balaban J connectivity index is 1.31. The van der Waals surface area contributed by atoms with Crippen molar-refractivity contribution in [2.75, 3.05) is 19.7 Å². The third-order valence-corrected chi connectivity index (χ3v) is 6.68. The van der Waals surface area contributed by atoms with Gasteiger partial charge in [0.05, 0.1) is 24.9 Å². The summed E-state index contributed by atoms with van der Waals surface area (Å²) in [4.78, 5) is 7.10. The summed E-state index contributed by atoms with van der Waals surface area (Å²) in [5.74, 6) is -0.277. The normalized spacial score (nSPS) is 26.4. The van der Waals surface area contributed by atoms with Gasteiger partial charge in [-0.15, -0.1) is 0 Å². The first-order chi connectivity index (χ1) is 14.0. The Kier molecular flexibility index (Phi) is 4.35. The molecule has 1 aromatic carbocycles. The van der Waals surface area contributed by atoms with Crippen molar-refractivity contribution >= 4 is 5.52 Å². The van der Waals surface area contributed by atoms with Gasteiger partial charge in [0.25, 0.3) is 0 Å². The van der Waals surface area contributed by atoms with Gasteiger partial charge in [0, 0.05) is 30.8 Å². The van der Waals surface area contributed by atoms with E-state index in [0.29, 0.717) is 17.8 Å². The number of hydrogen-bond acceptors (Lipinski definition) is 3. The van der Waals surface area contributed by atoms with Crippen LogP contribution in [-0.4, -0.2) is 34.0 Å². The monoisotopic (exact) mass is 397 g/mol. The van der Waals surface area contributed by atoms with Crippen LogP contribution < -0.4 is 4.74 Å². The Bertz CT molecular complexity index is 1040. The fourth-order valence-corrected chi connectivity index (χ4v) is 5.51. The van der Waals surface area contributed by atoms with Gasteiger partial charge in [0.15, 0.2) is 11.6 Å². The van der Waals surface area contributed by atoms with Crippen LogP contribution in [0.25, 0.3) is 5.52 Å². The summed E-state index contributed by atoms with van der Waals surface area (Å²) < 4.78 is 34.7. The second-order valence-corrected chi connectivity index (χ2v) is 8.89. The maximum Gasteiger partial charge on any atom is 0.162 e. The summed E-state index contributed by atoms with van der Waals surface area (Å²) in [5, 5.41) is 0. The SMILES string of the molecule is CCC12CN(Cc3ncc4ccccn34)CC(COc3ccc(F)c(F)c3)(C1)C2. The smallest absolute Gasteiger partial charge is 0.162 e. The van der Waals surface area contributed by atoms with Crippen LogP contribution in [-0.2, 0) is 6.54 Å². The summed E-state index contributed by atoms with van der Waals surface area (Å²) in [6.07, 6.45) is 7.36. The van der Waals surface area contributed by atoms with Crippen LogP contribution in [0, 0.1) is 22.5 Å². The summed E-state index contributed by atoms with van der Waals surface area (Å²) in [5.41, 5.74) is 1.49. The van der Waals surface area contributed by atoms with Crippen molar-refractivity contribution in [3.63, 3.8) is 0 Å². The molecule has 2 aliphatic heterocycles. The molecule has 4 heterocycles. The molecule has 0 amide bonds. The number of piperidine rings is 2. The molecule has 3 aromatic rings. The lowest BCUT2D eigenvalue weighted by Crippen LogP contribution is -2.64. The minimum atomic E-state index is -0.868. The highest BCUT2D eigenvalue weighted by atomic mass is 19.2. The molecule has 0 radical (unpaired) electrons. The molecule has 0 N–H and O–H groups in total. The van der Waals surface area contributed by atoms with Gasteiger partial charge >= 0.3 is 0 Å². The molecule has 1 aliphatic carbocycles. The van der Waals surface area contributed by atoms with Gasteiger partial charge in [-0.3, -0.25) is 4.90 Å². The predicted molar refractivity (Wildman–Crippen MR) is 107 cm³/mol. The molecule has 4 nitrogen and oxygen atoms in total. The number of hydrogen-bond donors (Lipinski definition) is 0. The highest BCUT2D eigenvalue weighted by Gasteiger charge is 2.58. The Hall–Kier alpha value is -2.47. The predicted octanol–water partition coefficient (Wildman–Crippen LogP) is 4.68. The molecular formula is C23H25F2N3O. The maximum atomic E-state index is 13.5. The van der Waals surface area contributed by atoms with Gasteiger partial charge in [0.1, 0.15) is 11.6 Å². The van der Waals surface area contributed by atoms with Crippen LogP contribution in [0.4, 0.5) is 8.78 Å². The Morgan fingerprint density at radius 2 is 1.90 bits per heavy atom. The summed E-state index contributed by atoms with van der Waals surface area (Å²) in [7, 11) is 0. The van der Waals surface area contributed by atoms with Crippen LogP contribution in [0.3, 0.4) is 0 Å². The van der Waals surface area contributed by atoms with Crippen molar-refractivity contribution in [3.05, 3.63) is 66.3 Å². The molecule has 6 heteroatoms. The van der Waals surface area contributed by atoms with E-state index >= 15 is 0 Å². The topological polar surface area (TPSA) is 29.8 Å². The van der Waals surface area contributed by atoms with E-state index in [9.17, 15) is 8.78 Å². The average molecular weight is 397 g/mol. The van der Waals surface area contributed by atoms with Gasteiger partial charge in [-0.1, -0.05) is 13.0 Å². The lowest BCUT2D eigenvalue weighted by Gasteiger charge is -2.63. The zero-order valence-electron chi connectivity index (χ0n) is 16.6. The number of pyridine rings is 1. The number of nitrogens with zero attached hydrogens (tertiary/aromatic N) is 3. The van der Waals surface area contributed by atoms with Gasteiger partial charge in [-0.25, -0.2) is 13.8 Å². The Labute approximate surface area is 169 Å². The van der Waals surface area contributed by atoms with E-state index in [-0.39, 0.29) is 5.41 Å². The lowest BCUT2D eigenvalue weighted by molar-refractivity contribution is -0.156. The van der Waals surface area contributed by atoms with E-state index in [4.69, 9.17) is 4.74 Å². The first-order valence-corrected chi connectivity index (χ1v) is 10.2. The summed E-state index contributed by atoms with van der Waals surface area (Å²) in [6, 6.07) is 9.86. The van der Waals surface area contributed by atoms with E-state index in [1.54, 1.807) is 0 Å². The van der Waals surface area contributed by atoms with E-state index in [1.807, 2.05) is 18.3 Å². The third-order valence-electron chi connectivity index (χ3n) is 6.68. The molecule has 3 aliphatic rings. The molecule has 2 bridgehead atoms. The van der Waals surface area contributed by atoms with Crippen molar-refractivity contribution in [3.8, 4) is 5.75 Å². The largest absolute Gasteiger partial charge is 0.493 e. The fourth-order valence-electron chi connectivity index (χ4n) is 5.51. The average Bonchev–Trinajstić information content (AvgIpc) is 3.11. The van der Waals surface area contributed by atoms with Crippen molar-refractivity contribution < 1.29 is 13.5 Å². The second kappa shape index (κ2) is 6.80. The minimum absolute atomic E-state index is 0.0617. The molecule has 3 fully saturated rings. The number of benzene rings is 1. The van der Waals surface area contributed by atoms with Crippen LogP contribution in [0.2, 0.25) is 0 Å². The zero-order valence-corrected chi connectivity index (χ0v) is 16.6. The molecule has 29 heavy (non-hydrogen) atoms. The first-order valence-electron chi connectivity index (χ1n) is 10.2. The second-order valence-electron chi connectivity index (χ2n) is 8.89. The van der Waals surface area contributed by atoms with Crippen LogP contribution in [0.15, 0.2) is 48.8 Å². The van der Waals surface area contributed by atoms with Crippen molar-refractivity contribution in [2.24, 2.45) is 10.8 Å². The Morgan fingerprint density at radius 3 is 2.69 bits per heavy atom. The highest BCUT2D eigenvalue weighted by molar-refractivity contribution is 5.45. The molecule has 0 atom stereocenters. The molecule has 2 aromatic heterocycles. The van der Waals surface area contributed by atoms with E-state index in [2.05, 4.69) is 33.5 Å². The summed E-state index contributed by atoms with van der Waals surface area (Å²) in [6.45, 7) is 5.58. The van der Waals surface area contributed by atoms with Gasteiger partial charge in [0.2, 0.25) is 0 Å². The van der Waals surface area contributed by atoms with Gasteiger partial charge in [-0.2, -0.15) is 0 Å². The highest BCUT2D eigenvalue weighted by Crippen LogP contribution is 2.60. The summed E-state index contributed by atoms with van der Waals surface area (Å²) >= 11 is 0. The van der Waals surface area contributed by atoms with Crippen LogP contribution in [0.5, 0.6) is 5.75 Å². The number of aromatic nitrogens is 2. The van der Waals surface area contributed by atoms with E-state index < -0.39 is 11.6 Å². The molecular weight excluding hydrogens is 372 g/mol. The van der Waals surface area contributed by atoms with E-state index in [1.165, 1.54) is 6.07 Å². The number of halogens is 2. The molecule has 152 valence electrons. The number of fused-ring (bicyclic) bond motifs is 3. The fraction of sp³-hybridized carbons (Fsp3) is 0.435. The molecule has 0 unspecified atom stereocenters. The van der Waals surface area contributed by atoms with Gasteiger partial charge < -0.3 is 9.14 Å². The molecule has 6 rings (SSSR count). The van der Waals surface area contributed by atoms with Gasteiger partial charge in [-0.05, 0) is 48.9 Å². The van der Waals surface area contributed by atoms with Crippen molar-refractivity contribution in [1.29, 1.82) is 0 Å². The number of ether oxygens (including phenoxy) is 1. The maximum absolute atomic E-state index is 13.5. The first kappa shape index (κ1) is 18.6. The van der Waals surface area contributed by atoms with Crippen LogP contribution >= 0.6 is 0 Å². The van der Waals surface area contributed by atoms with Crippen molar-refractivity contribution in [2.45, 2.75) is 32.7 Å². The number of rotatable bonds is 6. The third kappa shape index (κ3) is 3.29. The van der Waals surface area contributed by atoms with Crippen LogP contribution in [0.1, 0.15) is 32.0 Å². The standard InChI is InChI=1S/C23H25F2N3O/c1-2-22-12-23(13-22,16-29-18-6-7-19(24)20(25)9-18)15-27(14-22)11-21-26-10-17-5-3-4-8-28(17)21/h3-10H,2,11-16H2,1H3.